The predicted molar refractivity (Wildman–Crippen MR) is 184 cm³/mol. The Morgan fingerprint density at radius 2 is 1.56 bits per heavy atom. The number of ether oxygens (including phenoxy) is 4. The van der Waals surface area contributed by atoms with Crippen LogP contribution in [0.15, 0.2) is 12.2 Å². The van der Waals surface area contributed by atoms with Gasteiger partial charge in [-0.2, -0.15) is 0 Å². The lowest BCUT2D eigenvalue weighted by atomic mass is 9.32. The van der Waals surface area contributed by atoms with Gasteiger partial charge in [0.1, 0.15) is 6.10 Å². The minimum atomic E-state index is -1.15. The summed E-state index contributed by atoms with van der Waals surface area (Å²) in [6.07, 6.45) is 9.62. The smallest absolute Gasteiger partial charge is 0.314 e. The molecule has 5 aliphatic carbocycles. The van der Waals surface area contributed by atoms with E-state index in [2.05, 4.69) is 48.1 Å². The van der Waals surface area contributed by atoms with Gasteiger partial charge in [-0.3, -0.25) is 14.4 Å². The Bertz CT molecular complexity index is 1270. The fourth-order valence-electron chi connectivity index (χ4n) is 12.8. The van der Waals surface area contributed by atoms with Crippen LogP contribution in [0.5, 0.6) is 0 Å². The molecule has 48 heavy (non-hydrogen) atoms. The lowest BCUT2D eigenvalue weighted by molar-refractivity contribution is -0.252. The number of hydrogen-bond acceptors (Lipinski definition) is 7. The maximum atomic E-state index is 14.0. The zero-order chi connectivity index (χ0) is 35.5. The van der Waals surface area contributed by atoms with Crippen LogP contribution in [-0.4, -0.2) is 56.2 Å². The molecule has 0 aromatic carbocycles. The maximum absolute atomic E-state index is 14.0. The van der Waals surface area contributed by atoms with Gasteiger partial charge in [-0.1, -0.05) is 46.8 Å². The molecule has 0 amide bonds. The zero-order valence-electron chi connectivity index (χ0n) is 31.4. The lowest BCUT2D eigenvalue weighted by Gasteiger charge is -2.72. The van der Waals surface area contributed by atoms with Gasteiger partial charge in [0.15, 0.2) is 6.79 Å². The highest BCUT2D eigenvalue weighted by molar-refractivity contribution is 5.81. The fourth-order valence-corrected chi connectivity index (χ4v) is 12.8. The Labute approximate surface area is 289 Å². The second kappa shape index (κ2) is 13.0. The van der Waals surface area contributed by atoms with E-state index in [0.29, 0.717) is 36.9 Å². The number of methoxy groups -OCH3 is 1. The van der Waals surface area contributed by atoms with Crippen LogP contribution in [0.1, 0.15) is 126 Å². The molecule has 8 heteroatoms. The van der Waals surface area contributed by atoms with E-state index in [0.717, 1.165) is 64.2 Å². The fraction of sp³-hybridized carbons (Fsp3) is 0.875. The SMILES string of the molecule is C=C(C)C1CCC2(C(=O)OCOCCOC)CCC3(C)C(CCC4C5(C)CCC(OC(=O)CC(C)(C)C(=O)O)C(C)(C)C5CCC43C)C12. The van der Waals surface area contributed by atoms with Gasteiger partial charge in [0.2, 0.25) is 0 Å². The highest BCUT2D eigenvalue weighted by atomic mass is 16.7. The number of esters is 2. The van der Waals surface area contributed by atoms with Gasteiger partial charge in [0, 0.05) is 12.5 Å². The number of carbonyl (C=O) groups excluding carboxylic acids is 2. The second-order valence-corrected chi connectivity index (χ2v) is 18.5. The van der Waals surface area contributed by atoms with Crippen LogP contribution < -0.4 is 0 Å². The van der Waals surface area contributed by atoms with Gasteiger partial charge < -0.3 is 24.1 Å². The first-order valence-electron chi connectivity index (χ1n) is 18.6. The summed E-state index contributed by atoms with van der Waals surface area (Å²) in [5.41, 5.74) is -0.358. The standard InChI is InChI=1S/C40H64O8/c1-25(2)26-13-18-40(34(44)47-24-46-22-21-45-10)20-19-38(8)27(32(26)40)11-12-29-37(7)16-15-30(48-31(41)23-35(3,4)33(42)43)36(5,6)28(37)14-17-39(29,38)9/h26-30,32H,1,11-24H2,2-10H3,(H,42,43). The molecule has 0 aromatic rings. The van der Waals surface area contributed by atoms with Gasteiger partial charge >= 0.3 is 17.9 Å². The van der Waals surface area contributed by atoms with E-state index < -0.39 is 22.8 Å². The molecule has 5 aliphatic rings. The number of carboxylic acids is 1. The third-order valence-electron chi connectivity index (χ3n) is 15.6. The molecule has 5 saturated carbocycles. The van der Waals surface area contributed by atoms with E-state index in [-0.39, 0.29) is 52.9 Å². The molecule has 0 spiro atoms. The topological polar surface area (TPSA) is 108 Å². The van der Waals surface area contributed by atoms with Crippen molar-refractivity contribution in [3.8, 4) is 0 Å². The van der Waals surface area contributed by atoms with Gasteiger partial charge in [-0.05, 0) is 131 Å². The van der Waals surface area contributed by atoms with Crippen LogP contribution >= 0.6 is 0 Å². The van der Waals surface area contributed by atoms with Crippen molar-refractivity contribution >= 4 is 17.9 Å². The Kier molecular flexibility index (Phi) is 10.1. The molecule has 10 atom stereocenters. The number of aliphatic carboxylic acids is 1. The average molecular weight is 673 g/mol. The minimum Gasteiger partial charge on any atom is -0.481 e. The van der Waals surface area contributed by atoms with Crippen LogP contribution in [0.2, 0.25) is 0 Å². The molecule has 0 heterocycles. The first-order valence-corrected chi connectivity index (χ1v) is 18.6. The van der Waals surface area contributed by atoms with E-state index >= 15 is 0 Å². The van der Waals surface area contributed by atoms with Crippen molar-refractivity contribution in [1.82, 2.24) is 0 Å². The summed E-state index contributed by atoms with van der Waals surface area (Å²) in [6.45, 7) is 22.8. The van der Waals surface area contributed by atoms with Crippen LogP contribution in [0.4, 0.5) is 0 Å². The van der Waals surface area contributed by atoms with E-state index in [1.54, 1.807) is 21.0 Å². The Balaban J connectivity index is 1.38. The van der Waals surface area contributed by atoms with Gasteiger partial charge in [-0.15, -0.1) is 0 Å². The van der Waals surface area contributed by atoms with Crippen molar-refractivity contribution < 1.29 is 38.4 Å². The largest absolute Gasteiger partial charge is 0.481 e. The summed E-state index contributed by atoms with van der Waals surface area (Å²) in [5.74, 6) is 0.414. The van der Waals surface area contributed by atoms with Crippen LogP contribution in [0.25, 0.3) is 0 Å². The predicted octanol–water partition coefficient (Wildman–Crippen LogP) is 8.22. The number of fused-ring (bicyclic) bond motifs is 7. The number of allylic oxidation sites excluding steroid dienone is 1. The molecular formula is C40H64O8. The van der Waals surface area contributed by atoms with Crippen LogP contribution in [0.3, 0.4) is 0 Å². The van der Waals surface area contributed by atoms with Gasteiger partial charge in [0.05, 0.1) is 30.5 Å². The molecule has 0 saturated heterocycles. The maximum Gasteiger partial charge on any atom is 0.314 e. The summed E-state index contributed by atoms with van der Waals surface area (Å²) in [7, 11) is 1.63. The van der Waals surface area contributed by atoms with Crippen LogP contribution in [-0.2, 0) is 33.3 Å². The molecule has 0 aromatic heterocycles. The first kappa shape index (κ1) is 37.3. The monoisotopic (exact) mass is 672 g/mol. The first-order chi connectivity index (χ1) is 22.3. The molecule has 5 rings (SSSR count). The van der Waals surface area contributed by atoms with Crippen molar-refractivity contribution in [3.63, 3.8) is 0 Å². The summed E-state index contributed by atoms with van der Waals surface area (Å²) in [5, 5.41) is 9.57. The molecule has 5 fully saturated rings. The van der Waals surface area contributed by atoms with Crippen molar-refractivity contribution in [2.24, 2.45) is 62.1 Å². The molecule has 0 aliphatic heterocycles. The van der Waals surface area contributed by atoms with E-state index in [4.69, 9.17) is 18.9 Å². The van der Waals surface area contributed by atoms with Crippen LogP contribution in [0, 0.1) is 62.1 Å². The zero-order valence-corrected chi connectivity index (χ0v) is 31.4. The lowest BCUT2D eigenvalue weighted by Crippen LogP contribution is -2.67. The van der Waals surface area contributed by atoms with Crippen molar-refractivity contribution in [2.45, 2.75) is 132 Å². The van der Waals surface area contributed by atoms with Crippen molar-refractivity contribution in [1.29, 1.82) is 0 Å². The number of hydrogen-bond donors (Lipinski definition) is 1. The van der Waals surface area contributed by atoms with E-state index in [9.17, 15) is 19.5 Å². The van der Waals surface area contributed by atoms with Gasteiger partial charge in [0.25, 0.3) is 0 Å². The minimum absolute atomic E-state index is 0.0285. The van der Waals surface area contributed by atoms with E-state index in [1.165, 1.54) is 5.57 Å². The summed E-state index contributed by atoms with van der Waals surface area (Å²) < 4.78 is 22.7. The molecule has 10 unspecified atom stereocenters. The number of carbonyl (C=O) groups is 3. The molecule has 0 bridgehead atoms. The molecular weight excluding hydrogens is 608 g/mol. The van der Waals surface area contributed by atoms with Crippen molar-refractivity contribution in [3.05, 3.63) is 12.2 Å². The normalized spacial score (nSPS) is 41.6. The number of rotatable bonds is 11. The van der Waals surface area contributed by atoms with E-state index in [1.807, 2.05) is 0 Å². The summed E-state index contributed by atoms with van der Waals surface area (Å²) in [6, 6.07) is 0. The average Bonchev–Trinajstić information content (AvgIpc) is 3.40. The molecule has 0 radical (unpaired) electrons. The third kappa shape index (κ3) is 5.77. The number of carboxylic acid groups (broad SMARTS) is 1. The highest BCUT2D eigenvalue weighted by Gasteiger charge is 2.72. The Morgan fingerprint density at radius 3 is 2.21 bits per heavy atom. The molecule has 272 valence electrons. The Morgan fingerprint density at radius 1 is 0.854 bits per heavy atom. The quantitative estimate of drug-likeness (QED) is 0.101. The molecule has 1 N–H and O–H groups in total. The third-order valence-corrected chi connectivity index (χ3v) is 15.6. The van der Waals surface area contributed by atoms with Crippen molar-refractivity contribution in [2.75, 3.05) is 27.1 Å². The Hall–Kier alpha value is -1.93. The van der Waals surface area contributed by atoms with Gasteiger partial charge in [-0.25, -0.2) is 0 Å². The molecule has 8 nitrogen and oxygen atoms in total. The summed E-state index contributed by atoms with van der Waals surface area (Å²) >= 11 is 0. The highest BCUT2D eigenvalue weighted by Crippen LogP contribution is 2.77. The second-order valence-electron chi connectivity index (χ2n) is 18.5. The summed E-state index contributed by atoms with van der Waals surface area (Å²) in [4.78, 5) is 38.8.